The van der Waals surface area contributed by atoms with E-state index in [1.54, 1.807) is 0 Å². The lowest BCUT2D eigenvalue weighted by Gasteiger charge is -2.29. The molecule has 0 fully saturated rings. The van der Waals surface area contributed by atoms with Crippen LogP contribution in [0.15, 0.2) is 72.4 Å². The highest BCUT2D eigenvalue weighted by Gasteiger charge is 2.25. The molecule has 2 N–H and O–H groups in total. The van der Waals surface area contributed by atoms with Crippen LogP contribution in [0.4, 0.5) is 0 Å². The molecule has 2 atom stereocenters. The molecule has 3 aromatic rings. The van der Waals surface area contributed by atoms with Crippen LogP contribution >= 0.6 is 0 Å². The highest BCUT2D eigenvalue weighted by atomic mass is 16.5. The van der Waals surface area contributed by atoms with Crippen molar-refractivity contribution in [1.29, 1.82) is 0 Å². The Kier molecular flexibility index (Phi) is 7.26. The number of nitrogens with one attached hydrogen (secondary N) is 1. The first-order valence-corrected chi connectivity index (χ1v) is 12.3. The molecule has 3 aromatic carbocycles. The van der Waals surface area contributed by atoms with Gasteiger partial charge < -0.3 is 19.9 Å². The van der Waals surface area contributed by atoms with Crippen LogP contribution in [0.1, 0.15) is 47.4 Å². The van der Waals surface area contributed by atoms with E-state index in [1.165, 1.54) is 27.5 Å². The number of aliphatic hydroxyl groups excluding tert-OH is 1. The van der Waals surface area contributed by atoms with E-state index in [4.69, 9.17) is 9.47 Å². The number of carbonyl (C=O) groups excluding carboxylic acids is 1. The van der Waals surface area contributed by atoms with Gasteiger partial charge in [0, 0.05) is 31.2 Å². The molecule has 2 aliphatic carbocycles. The molecule has 35 heavy (non-hydrogen) atoms. The number of carbonyl (C=O) groups is 1. The number of hydrogen-bond acceptors (Lipinski definition) is 5. The summed E-state index contributed by atoms with van der Waals surface area (Å²) in [5, 5.41) is 16.4. The van der Waals surface area contributed by atoms with Gasteiger partial charge >= 0.3 is 5.97 Å². The summed E-state index contributed by atoms with van der Waals surface area (Å²) >= 11 is 0. The molecular formula is C30H31NO4. The van der Waals surface area contributed by atoms with Crippen molar-refractivity contribution in [1.82, 2.24) is 5.32 Å². The van der Waals surface area contributed by atoms with Gasteiger partial charge in [-0.2, -0.15) is 0 Å². The number of rotatable bonds is 11. The summed E-state index contributed by atoms with van der Waals surface area (Å²) in [6, 6.07) is 20.5. The van der Waals surface area contributed by atoms with Crippen LogP contribution < -0.4 is 5.32 Å². The molecule has 0 aliphatic heterocycles. The molecule has 2 unspecified atom stereocenters. The Morgan fingerprint density at radius 1 is 1.06 bits per heavy atom. The van der Waals surface area contributed by atoms with Gasteiger partial charge in [-0.15, -0.1) is 0 Å². The van der Waals surface area contributed by atoms with Crippen molar-refractivity contribution in [2.24, 2.45) is 0 Å². The zero-order chi connectivity index (χ0) is 24.0. The van der Waals surface area contributed by atoms with Gasteiger partial charge in [0.2, 0.25) is 0 Å². The fourth-order valence-corrected chi connectivity index (χ4v) is 4.87. The number of esters is 1. The largest absolute Gasteiger partial charge is 0.461 e. The predicted octanol–water partition coefficient (Wildman–Crippen LogP) is 5.19. The minimum absolute atomic E-state index is 0.229. The van der Waals surface area contributed by atoms with Crippen molar-refractivity contribution in [3.05, 3.63) is 94.7 Å². The van der Waals surface area contributed by atoms with Gasteiger partial charge in [-0.25, -0.2) is 0 Å². The molecule has 0 spiro atoms. The van der Waals surface area contributed by atoms with E-state index in [0.717, 1.165) is 17.7 Å². The minimum atomic E-state index is -0.618. The number of allylic oxidation sites excluding steroid dienone is 2. The highest BCUT2D eigenvalue weighted by molar-refractivity contribution is 5.98. The maximum absolute atomic E-state index is 11.9. The van der Waals surface area contributed by atoms with Crippen molar-refractivity contribution >= 4 is 28.9 Å². The first kappa shape index (κ1) is 23.3. The summed E-state index contributed by atoms with van der Waals surface area (Å²) in [5.41, 5.74) is 6.06. The lowest BCUT2D eigenvalue weighted by Crippen LogP contribution is -2.31. The Labute approximate surface area is 206 Å². The van der Waals surface area contributed by atoms with E-state index in [-0.39, 0.29) is 12.6 Å². The third-order valence-corrected chi connectivity index (χ3v) is 6.59. The first-order valence-electron chi connectivity index (χ1n) is 12.3. The second-order valence-electron chi connectivity index (χ2n) is 9.21. The zero-order valence-corrected chi connectivity index (χ0v) is 19.8. The van der Waals surface area contributed by atoms with Crippen molar-refractivity contribution < 1.29 is 19.4 Å². The zero-order valence-electron chi connectivity index (χ0n) is 19.8. The molecule has 0 bridgehead atoms. The number of ether oxygens (including phenoxy) is 2. The quantitative estimate of drug-likeness (QED) is 0.299. The maximum Gasteiger partial charge on any atom is 0.306 e. The third-order valence-electron chi connectivity index (χ3n) is 6.59. The summed E-state index contributed by atoms with van der Waals surface area (Å²) in [7, 11) is 0. The number of aliphatic hydroxyl groups is 1. The molecule has 5 nitrogen and oxygen atoms in total. The van der Waals surface area contributed by atoms with Gasteiger partial charge in [-0.1, -0.05) is 72.8 Å². The van der Waals surface area contributed by atoms with Crippen molar-refractivity contribution in [3.8, 4) is 0 Å². The van der Waals surface area contributed by atoms with Gasteiger partial charge in [-0.05, 0) is 51.9 Å². The lowest BCUT2D eigenvalue weighted by molar-refractivity contribution is -0.145. The van der Waals surface area contributed by atoms with Gasteiger partial charge in [0.1, 0.15) is 6.61 Å². The topological polar surface area (TPSA) is 67.8 Å². The average Bonchev–Trinajstić information content (AvgIpc) is 2.89. The van der Waals surface area contributed by atoms with E-state index in [0.29, 0.717) is 38.5 Å². The Balaban J connectivity index is 1.03. The van der Waals surface area contributed by atoms with Crippen molar-refractivity contribution in [2.75, 3.05) is 19.8 Å². The molecule has 5 rings (SSSR count). The van der Waals surface area contributed by atoms with Crippen molar-refractivity contribution in [2.45, 2.75) is 37.9 Å². The number of hydrogen-bond donors (Lipinski definition) is 2. The molecule has 0 radical (unpaired) electrons. The van der Waals surface area contributed by atoms with Gasteiger partial charge in [0.15, 0.2) is 0 Å². The van der Waals surface area contributed by atoms with Gasteiger partial charge in [0.05, 0.1) is 12.7 Å². The standard InChI is InChI=1S/C30H31NO4/c32-27(20-34-15-5-10-28(33)35-19-21-6-2-1-3-7-21)18-31-26-16-24-13-11-22-8-4-9-23-12-14-25(17-26)30(24)29(22)23/h1-4,6-9,11-14,16,25,27,31-32H,5,10,15,17-20H2. The first-order chi connectivity index (χ1) is 17.2. The fourth-order valence-electron chi connectivity index (χ4n) is 4.87. The van der Waals surface area contributed by atoms with Crippen LogP contribution in [0, 0.1) is 0 Å². The van der Waals surface area contributed by atoms with E-state index >= 15 is 0 Å². The van der Waals surface area contributed by atoms with Gasteiger partial charge in [-0.3, -0.25) is 4.79 Å². The molecule has 0 saturated heterocycles. The second-order valence-corrected chi connectivity index (χ2v) is 9.21. The van der Waals surface area contributed by atoms with Crippen LogP contribution in [0.2, 0.25) is 0 Å². The summed E-state index contributed by atoms with van der Waals surface area (Å²) in [5.74, 6) is 0.118. The van der Waals surface area contributed by atoms with Crippen LogP contribution in [0.3, 0.4) is 0 Å². The molecule has 0 heterocycles. The SMILES string of the molecule is O=C(CCCOCC(O)CNC1=Cc2ccc3cccc4c3c2C(C=C4)C1)OCc1ccccc1. The molecule has 0 amide bonds. The Bertz CT molecular complexity index is 1250. The summed E-state index contributed by atoms with van der Waals surface area (Å²) in [6.45, 7) is 1.36. The molecule has 5 heteroatoms. The van der Waals surface area contributed by atoms with Crippen LogP contribution in [0.25, 0.3) is 22.9 Å². The Morgan fingerprint density at radius 3 is 2.83 bits per heavy atom. The lowest BCUT2D eigenvalue weighted by atomic mass is 9.78. The average molecular weight is 470 g/mol. The normalized spacial score (nSPS) is 16.6. The molecular weight excluding hydrogens is 438 g/mol. The van der Waals surface area contributed by atoms with E-state index in [2.05, 4.69) is 53.9 Å². The molecule has 180 valence electrons. The van der Waals surface area contributed by atoms with Crippen LogP contribution in [-0.2, 0) is 20.9 Å². The minimum Gasteiger partial charge on any atom is -0.461 e. The smallest absolute Gasteiger partial charge is 0.306 e. The molecule has 2 aliphatic rings. The van der Waals surface area contributed by atoms with Crippen LogP contribution in [0.5, 0.6) is 0 Å². The summed E-state index contributed by atoms with van der Waals surface area (Å²) in [4.78, 5) is 11.9. The van der Waals surface area contributed by atoms with E-state index in [1.807, 2.05) is 30.3 Å². The number of benzene rings is 3. The van der Waals surface area contributed by atoms with Crippen LogP contribution in [-0.4, -0.2) is 36.9 Å². The fraction of sp³-hybridized carbons (Fsp3) is 0.300. The highest BCUT2D eigenvalue weighted by Crippen LogP contribution is 2.43. The van der Waals surface area contributed by atoms with E-state index < -0.39 is 6.10 Å². The Hall–Kier alpha value is -3.41. The molecule has 0 saturated carbocycles. The predicted molar refractivity (Wildman–Crippen MR) is 139 cm³/mol. The monoisotopic (exact) mass is 469 g/mol. The van der Waals surface area contributed by atoms with E-state index in [9.17, 15) is 9.90 Å². The van der Waals surface area contributed by atoms with Crippen molar-refractivity contribution in [3.63, 3.8) is 0 Å². The van der Waals surface area contributed by atoms with Gasteiger partial charge in [0.25, 0.3) is 0 Å². The molecule has 0 aromatic heterocycles. The maximum atomic E-state index is 11.9. The Morgan fingerprint density at radius 2 is 1.94 bits per heavy atom. The third kappa shape index (κ3) is 5.64. The summed E-state index contributed by atoms with van der Waals surface area (Å²) in [6.07, 6.45) is 7.88. The second kappa shape index (κ2) is 10.9. The summed E-state index contributed by atoms with van der Waals surface area (Å²) < 4.78 is 10.8.